The Hall–Kier alpha value is -1.59. The highest BCUT2D eigenvalue weighted by molar-refractivity contribution is 5.77. The van der Waals surface area contributed by atoms with E-state index >= 15 is 0 Å². The van der Waals surface area contributed by atoms with Gasteiger partial charge in [0.15, 0.2) is 0 Å². The first-order chi connectivity index (χ1) is 21.5. The molecule has 6 heteroatoms. The molecule has 0 aromatic rings. The zero-order valence-electron chi connectivity index (χ0n) is 29.8. The van der Waals surface area contributed by atoms with Crippen LogP contribution in [-0.4, -0.2) is 48.8 Å². The van der Waals surface area contributed by atoms with Crippen LogP contribution in [0, 0.1) is 0 Å². The molecule has 0 unspecified atom stereocenters. The van der Waals surface area contributed by atoms with Crippen molar-refractivity contribution in [2.45, 2.75) is 201 Å². The van der Waals surface area contributed by atoms with E-state index in [1.54, 1.807) is 11.8 Å². The van der Waals surface area contributed by atoms with Gasteiger partial charge in [0, 0.05) is 45.9 Å². The fourth-order valence-corrected chi connectivity index (χ4v) is 5.87. The SMILES string of the molecule is CCCCCCCCCCCCCCCC(=O)NCCN(CCNC(=O)CCCCCCCCCCCCCCC)C(C)=O. The summed E-state index contributed by atoms with van der Waals surface area (Å²) in [5.41, 5.74) is 0. The summed E-state index contributed by atoms with van der Waals surface area (Å²) in [5, 5.41) is 5.92. The fraction of sp³-hybridized carbons (Fsp3) is 0.921. The third-order valence-corrected chi connectivity index (χ3v) is 8.87. The minimum Gasteiger partial charge on any atom is -0.354 e. The molecule has 0 fully saturated rings. The van der Waals surface area contributed by atoms with Crippen LogP contribution < -0.4 is 10.6 Å². The van der Waals surface area contributed by atoms with Crippen LogP contribution in [0.15, 0.2) is 0 Å². The molecule has 260 valence electrons. The lowest BCUT2D eigenvalue weighted by Gasteiger charge is -2.21. The Labute approximate surface area is 274 Å². The molecule has 0 spiro atoms. The van der Waals surface area contributed by atoms with Gasteiger partial charge in [-0.1, -0.05) is 168 Å². The van der Waals surface area contributed by atoms with Crippen LogP contribution in [0.1, 0.15) is 201 Å². The minimum absolute atomic E-state index is 0.0264. The molecule has 0 aromatic heterocycles. The molecule has 0 saturated carbocycles. The minimum atomic E-state index is -0.0264. The standard InChI is InChI=1S/C38H75N3O3/c1-4-6-8-10-12-14-16-18-20-22-24-26-28-30-37(43)39-32-34-41(36(3)42)35-33-40-38(44)31-29-27-25-23-21-19-17-15-13-11-9-7-5-2/h4-35H2,1-3H3,(H,39,43)(H,40,44). The third-order valence-electron chi connectivity index (χ3n) is 8.87. The van der Waals surface area contributed by atoms with Crippen LogP contribution in [0.4, 0.5) is 0 Å². The van der Waals surface area contributed by atoms with Crippen molar-refractivity contribution < 1.29 is 14.4 Å². The van der Waals surface area contributed by atoms with Gasteiger partial charge in [-0.3, -0.25) is 14.4 Å². The Balaban J connectivity index is 3.61. The van der Waals surface area contributed by atoms with Crippen LogP contribution in [-0.2, 0) is 14.4 Å². The van der Waals surface area contributed by atoms with E-state index in [9.17, 15) is 14.4 Å². The quantitative estimate of drug-likeness (QED) is 0.0702. The van der Waals surface area contributed by atoms with E-state index in [1.807, 2.05) is 0 Å². The predicted molar refractivity (Wildman–Crippen MR) is 189 cm³/mol. The molecule has 0 saturated heterocycles. The second kappa shape index (κ2) is 34.3. The van der Waals surface area contributed by atoms with E-state index in [4.69, 9.17) is 0 Å². The maximum Gasteiger partial charge on any atom is 0.220 e. The fourth-order valence-electron chi connectivity index (χ4n) is 5.87. The summed E-state index contributed by atoms with van der Waals surface area (Å²) in [6, 6.07) is 0. The Morgan fingerprint density at radius 1 is 0.409 bits per heavy atom. The van der Waals surface area contributed by atoms with Gasteiger partial charge in [0.2, 0.25) is 17.7 Å². The van der Waals surface area contributed by atoms with E-state index in [1.165, 1.54) is 141 Å². The van der Waals surface area contributed by atoms with Crippen molar-refractivity contribution in [3.63, 3.8) is 0 Å². The molecular weight excluding hydrogens is 546 g/mol. The lowest BCUT2D eigenvalue weighted by molar-refractivity contribution is -0.130. The van der Waals surface area contributed by atoms with Crippen molar-refractivity contribution in [1.82, 2.24) is 15.5 Å². The number of rotatable bonds is 34. The van der Waals surface area contributed by atoms with Gasteiger partial charge in [-0.2, -0.15) is 0 Å². The summed E-state index contributed by atoms with van der Waals surface area (Å²) in [6.45, 7) is 7.97. The lowest BCUT2D eigenvalue weighted by Crippen LogP contribution is -2.41. The molecular formula is C38H75N3O3. The van der Waals surface area contributed by atoms with Crippen molar-refractivity contribution >= 4 is 17.7 Å². The maximum absolute atomic E-state index is 12.2. The number of unbranched alkanes of at least 4 members (excludes halogenated alkanes) is 24. The monoisotopic (exact) mass is 622 g/mol. The Kier molecular flexibility index (Phi) is 33.0. The zero-order chi connectivity index (χ0) is 32.4. The summed E-state index contributed by atoms with van der Waals surface area (Å²) < 4.78 is 0. The van der Waals surface area contributed by atoms with E-state index < -0.39 is 0 Å². The maximum atomic E-state index is 12.2. The molecule has 3 amide bonds. The van der Waals surface area contributed by atoms with Crippen molar-refractivity contribution in [3.05, 3.63) is 0 Å². The highest BCUT2D eigenvalue weighted by Crippen LogP contribution is 2.14. The van der Waals surface area contributed by atoms with Crippen molar-refractivity contribution in [2.24, 2.45) is 0 Å². The summed E-state index contributed by atoms with van der Waals surface area (Å²) in [4.78, 5) is 38.1. The molecule has 0 radical (unpaired) electrons. The van der Waals surface area contributed by atoms with Crippen LogP contribution in [0.5, 0.6) is 0 Å². The topological polar surface area (TPSA) is 78.5 Å². The first-order valence-electron chi connectivity index (χ1n) is 19.3. The van der Waals surface area contributed by atoms with Crippen LogP contribution in [0.25, 0.3) is 0 Å². The third kappa shape index (κ3) is 31.8. The summed E-state index contributed by atoms with van der Waals surface area (Å²) in [6.07, 6.45) is 34.9. The van der Waals surface area contributed by atoms with Crippen LogP contribution in [0.3, 0.4) is 0 Å². The molecule has 44 heavy (non-hydrogen) atoms. The van der Waals surface area contributed by atoms with Gasteiger partial charge < -0.3 is 15.5 Å². The molecule has 0 aliphatic carbocycles. The second-order valence-electron chi connectivity index (χ2n) is 13.2. The molecule has 0 heterocycles. The number of nitrogens with one attached hydrogen (secondary N) is 2. The van der Waals surface area contributed by atoms with E-state index in [0.717, 1.165) is 25.7 Å². The normalized spacial score (nSPS) is 11.1. The van der Waals surface area contributed by atoms with Crippen molar-refractivity contribution in [3.8, 4) is 0 Å². The second-order valence-corrected chi connectivity index (χ2v) is 13.2. The van der Waals surface area contributed by atoms with Crippen molar-refractivity contribution in [1.29, 1.82) is 0 Å². The molecule has 0 aromatic carbocycles. The van der Waals surface area contributed by atoms with Gasteiger partial charge in [0.05, 0.1) is 0 Å². The average molecular weight is 622 g/mol. The molecule has 6 nitrogen and oxygen atoms in total. The first-order valence-corrected chi connectivity index (χ1v) is 19.3. The molecule has 0 aliphatic heterocycles. The van der Waals surface area contributed by atoms with Gasteiger partial charge in [0.1, 0.15) is 0 Å². The highest BCUT2D eigenvalue weighted by Gasteiger charge is 2.10. The number of nitrogens with zero attached hydrogens (tertiary/aromatic N) is 1. The highest BCUT2D eigenvalue weighted by atomic mass is 16.2. The van der Waals surface area contributed by atoms with E-state index in [2.05, 4.69) is 24.5 Å². The average Bonchev–Trinajstić information content (AvgIpc) is 3.00. The lowest BCUT2D eigenvalue weighted by atomic mass is 10.0. The molecule has 2 N–H and O–H groups in total. The number of carbonyl (C=O) groups is 3. The predicted octanol–water partition coefficient (Wildman–Crippen LogP) is 10.0. The van der Waals surface area contributed by atoms with Crippen molar-refractivity contribution in [2.75, 3.05) is 26.2 Å². The summed E-state index contributed by atoms with van der Waals surface area (Å²) in [5.74, 6) is 0.117. The van der Waals surface area contributed by atoms with Gasteiger partial charge in [-0.05, 0) is 12.8 Å². The number of hydrogen-bond donors (Lipinski definition) is 2. The van der Waals surface area contributed by atoms with Gasteiger partial charge in [-0.15, -0.1) is 0 Å². The van der Waals surface area contributed by atoms with Gasteiger partial charge in [0.25, 0.3) is 0 Å². The molecule has 0 rings (SSSR count). The van der Waals surface area contributed by atoms with Gasteiger partial charge >= 0.3 is 0 Å². The zero-order valence-corrected chi connectivity index (χ0v) is 29.8. The smallest absolute Gasteiger partial charge is 0.220 e. The number of carbonyl (C=O) groups excluding carboxylic acids is 3. The Morgan fingerprint density at radius 2 is 0.659 bits per heavy atom. The summed E-state index contributed by atoms with van der Waals surface area (Å²) >= 11 is 0. The summed E-state index contributed by atoms with van der Waals surface area (Å²) in [7, 11) is 0. The van der Waals surface area contributed by atoms with E-state index in [0.29, 0.717) is 39.0 Å². The van der Waals surface area contributed by atoms with Crippen LogP contribution >= 0.6 is 0 Å². The largest absolute Gasteiger partial charge is 0.354 e. The van der Waals surface area contributed by atoms with Crippen LogP contribution in [0.2, 0.25) is 0 Å². The Bertz CT molecular complexity index is 607. The number of hydrogen-bond acceptors (Lipinski definition) is 3. The molecule has 0 atom stereocenters. The molecule has 0 bridgehead atoms. The van der Waals surface area contributed by atoms with Gasteiger partial charge in [-0.25, -0.2) is 0 Å². The Morgan fingerprint density at radius 3 is 0.909 bits per heavy atom. The molecule has 0 aliphatic rings. The number of amides is 3. The van der Waals surface area contributed by atoms with E-state index in [-0.39, 0.29) is 17.7 Å². The first kappa shape index (κ1) is 42.4.